The summed E-state index contributed by atoms with van der Waals surface area (Å²) in [6.07, 6.45) is -4.86. The van der Waals surface area contributed by atoms with Crippen LogP contribution in [-0.4, -0.2) is 16.3 Å². The highest BCUT2D eigenvalue weighted by Gasteiger charge is 2.33. The molecule has 16 heavy (non-hydrogen) atoms. The summed E-state index contributed by atoms with van der Waals surface area (Å²) in [5.41, 5.74) is -0.265. The second-order valence-electron chi connectivity index (χ2n) is 2.72. The van der Waals surface area contributed by atoms with E-state index in [-0.39, 0.29) is 15.0 Å². The third-order valence-corrected chi connectivity index (χ3v) is 2.27. The molecule has 1 rings (SSSR count). The minimum Gasteiger partial charge on any atom is -0.388 e. The molecule has 0 fully saturated rings. The lowest BCUT2D eigenvalue weighted by Gasteiger charge is -2.08. The molecule has 5 nitrogen and oxygen atoms in total. The number of nitrogens with zero attached hydrogens (tertiary/aromatic N) is 2. The van der Waals surface area contributed by atoms with Gasteiger partial charge in [-0.2, -0.15) is 4.98 Å². The lowest BCUT2D eigenvalue weighted by molar-refractivity contribution is -0.386. The Kier molecular flexibility index (Phi) is 3.55. The molecule has 0 N–H and O–H groups in total. The number of aryl methyl sites for hydroxylation is 1. The van der Waals surface area contributed by atoms with Crippen LogP contribution in [0.4, 0.5) is 18.9 Å². The summed E-state index contributed by atoms with van der Waals surface area (Å²) in [4.78, 5) is 13.2. The number of aromatic nitrogens is 1. The Labute approximate surface area is 101 Å². The van der Waals surface area contributed by atoms with Gasteiger partial charge in [-0.25, -0.2) is 0 Å². The molecule has 0 aliphatic rings. The van der Waals surface area contributed by atoms with E-state index in [4.69, 9.17) is 0 Å². The molecule has 0 spiro atoms. The van der Waals surface area contributed by atoms with Gasteiger partial charge in [0.15, 0.2) is 3.70 Å². The fourth-order valence-electron chi connectivity index (χ4n) is 0.988. The number of hydrogen-bond donors (Lipinski definition) is 0. The summed E-state index contributed by atoms with van der Waals surface area (Å²) in [6.45, 7) is 1.31. The normalized spacial score (nSPS) is 11.3. The van der Waals surface area contributed by atoms with E-state index in [0.717, 1.165) is 6.07 Å². The van der Waals surface area contributed by atoms with Crippen molar-refractivity contribution in [1.82, 2.24) is 4.98 Å². The van der Waals surface area contributed by atoms with E-state index in [0.29, 0.717) is 0 Å². The van der Waals surface area contributed by atoms with Gasteiger partial charge < -0.3 is 4.74 Å². The molecular formula is C7H4F3IN2O3. The standard InChI is InChI=1S/C7H4F3IN2O3/c1-3-2-4(16-7(8,9)10)12-6(11)5(3)13(14)15/h2H,1H3. The molecule has 1 aromatic rings. The molecular weight excluding hydrogens is 344 g/mol. The zero-order valence-electron chi connectivity index (χ0n) is 7.71. The van der Waals surface area contributed by atoms with Crippen molar-refractivity contribution in [2.45, 2.75) is 13.3 Å². The number of rotatable bonds is 2. The average Bonchev–Trinajstić information content (AvgIpc) is 1.96. The molecule has 0 atom stereocenters. The van der Waals surface area contributed by atoms with Crippen LogP contribution in [0.25, 0.3) is 0 Å². The van der Waals surface area contributed by atoms with E-state index in [1.54, 1.807) is 0 Å². The first-order chi connectivity index (χ1) is 7.20. The van der Waals surface area contributed by atoms with E-state index in [1.165, 1.54) is 29.5 Å². The topological polar surface area (TPSA) is 65.3 Å². The van der Waals surface area contributed by atoms with Crippen LogP contribution in [0.5, 0.6) is 5.88 Å². The predicted octanol–water partition coefficient (Wildman–Crippen LogP) is 2.80. The van der Waals surface area contributed by atoms with Crippen molar-refractivity contribution in [3.8, 4) is 5.88 Å². The Morgan fingerprint density at radius 2 is 2.12 bits per heavy atom. The van der Waals surface area contributed by atoms with Gasteiger partial charge in [0.25, 0.3) is 0 Å². The van der Waals surface area contributed by atoms with E-state index in [1.807, 2.05) is 0 Å². The monoisotopic (exact) mass is 348 g/mol. The molecule has 0 aromatic carbocycles. The average molecular weight is 348 g/mol. The maximum Gasteiger partial charge on any atom is 0.574 e. The molecule has 0 unspecified atom stereocenters. The van der Waals surface area contributed by atoms with E-state index in [2.05, 4.69) is 9.72 Å². The van der Waals surface area contributed by atoms with Crippen LogP contribution in [-0.2, 0) is 0 Å². The lowest BCUT2D eigenvalue weighted by atomic mass is 10.2. The number of pyridine rings is 1. The zero-order chi connectivity index (χ0) is 12.5. The number of nitro groups is 1. The van der Waals surface area contributed by atoms with E-state index in [9.17, 15) is 23.3 Å². The summed E-state index contributed by atoms with van der Waals surface area (Å²) in [7, 11) is 0. The molecule has 9 heteroatoms. The SMILES string of the molecule is Cc1cc(OC(F)(F)F)nc(I)c1[N+](=O)[O-]. The Hall–Kier alpha value is -1.13. The van der Waals surface area contributed by atoms with Crippen molar-refractivity contribution in [3.05, 3.63) is 25.4 Å². The van der Waals surface area contributed by atoms with Crippen LogP contribution in [0, 0.1) is 20.7 Å². The van der Waals surface area contributed by atoms with Crippen molar-refractivity contribution >= 4 is 28.3 Å². The Bertz CT molecular complexity index is 412. The third-order valence-electron chi connectivity index (χ3n) is 1.52. The highest BCUT2D eigenvalue weighted by molar-refractivity contribution is 14.1. The molecule has 0 aliphatic heterocycles. The smallest absolute Gasteiger partial charge is 0.388 e. The summed E-state index contributed by atoms with van der Waals surface area (Å²) in [5, 5.41) is 10.5. The molecule has 0 radical (unpaired) electrons. The first kappa shape index (κ1) is 12.9. The van der Waals surface area contributed by atoms with Crippen LogP contribution < -0.4 is 4.74 Å². The summed E-state index contributed by atoms with van der Waals surface area (Å²) in [6, 6.07) is 0.869. The van der Waals surface area contributed by atoms with Gasteiger partial charge in [-0.15, -0.1) is 13.2 Å². The molecule has 0 aliphatic carbocycles. The van der Waals surface area contributed by atoms with Crippen LogP contribution in [0.1, 0.15) is 5.56 Å². The van der Waals surface area contributed by atoms with Gasteiger partial charge in [0.1, 0.15) is 0 Å². The van der Waals surface area contributed by atoms with E-state index < -0.39 is 17.2 Å². The highest BCUT2D eigenvalue weighted by atomic mass is 127. The quantitative estimate of drug-likeness (QED) is 0.357. The Morgan fingerprint density at radius 3 is 2.50 bits per heavy atom. The third kappa shape index (κ3) is 3.18. The van der Waals surface area contributed by atoms with Crippen LogP contribution >= 0.6 is 22.6 Å². The van der Waals surface area contributed by atoms with Gasteiger partial charge in [0, 0.05) is 11.6 Å². The molecule has 0 saturated heterocycles. The van der Waals surface area contributed by atoms with Gasteiger partial charge in [-0.3, -0.25) is 10.1 Å². The molecule has 1 aromatic heterocycles. The molecule has 0 bridgehead atoms. The largest absolute Gasteiger partial charge is 0.574 e. The van der Waals surface area contributed by atoms with Gasteiger partial charge in [0.2, 0.25) is 5.88 Å². The zero-order valence-corrected chi connectivity index (χ0v) is 9.87. The summed E-state index contributed by atoms with van der Waals surface area (Å²) in [5.74, 6) is -0.708. The predicted molar refractivity (Wildman–Crippen MR) is 55.0 cm³/mol. The van der Waals surface area contributed by atoms with Crippen molar-refractivity contribution in [2.75, 3.05) is 0 Å². The molecule has 1 heterocycles. The first-order valence-electron chi connectivity index (χ1n) is 3.78. The second kappa shape index (κ2) is 4.39. The van der Waals surface area contributed by atoms with Crippen LogP contribution in [0.2, 0.25) is 0 Å². The van der Waals surface area contributed by atoms with Gasteiger partial charge in [-0.05, 0) is 29.5 Å². The maximum atomic E-state index is 11.9. The van der Waals surface area contributed by atoms with E-state index >= 15 is 0 Å². The highest BCUT2D eigenvalue weighted by Crippen LogP contribution is 2.29. The van der Waals surface area contributed by atoms with Crippen molar-refractivity contribution < 1.29 is 22.8 Å². The van der Waals surface area contributed by atoms with Gasteiger partial charge in [0.05, 0.1) is 4.92 Å². The minimum atomic E-state index is -4.86. The van der Waals surface area contributed by atoms with Crippen molar-refractivity contribution in [1.29, 1.82) is 0 Å². The van der Waals surface area contributed by atoms with Crippen LogP contribution in [0.3, 0.4) is 0 Å². The molecule has 0 amide bonds. The Morgan fingerprint density at radius 1 is 1.56 bits per heavy atom. The Balaban J connectivity index is 3.15. The van der Waals surface area contributed by atoms with Crippen LogP contribution in [0.15, 0.2) is 6.07 Å². The number of hydrogen-bond acceptors (Lipinski definition) is 4. The number of alkyl halides is 3. The number of halogens is 4. The fourth-order valence-corrected chi connectivity index (χ4v) is 1.85. The summed E-state index contributed by atoms with van der Waals surface area (Å²) < 4.78 is 39.0. The van der Waals surface area contributed by atoms with Crippen molar-refractivity contribution in [2.24, 2.45) is 0 Å². The molecule has 0 saturated carbocycles. The number of ether oxygens (including phenoxy) is 1. The summed E-state index contributed by atoms with van der Waals surface area (Å²) >= 11 is 1.48. The first-order valence-corrected chi connectivity index (χ1v) is 4.86. The van der Waals surface area contributed by atoms with Crippen molar-refractivity contribution in [3.63, 3.8) is 0 Å². The lowest BCUT2D eigenvalue weighted by Crippen LogP contribution is -2.18. The fraction of sp³-hybridized carbons (Fsp3) is 0.286. The minimum absolute atomic E-state index is 0.0589. The molecule has 88 valence electrons. The van der Waals surface area contributed by atoms with Gasteiger partial charge in [-0.1, -0.05) is 0 Å². The maximum absolute atomic E-state index is 11.9. The second-order valence-corrected chi connectivity index (χ2v) is 3.74. The van der Waals surface area contributed by atoms with Gasteiger partial charge >= 0.3 is 12.0 Å².